The van der Waals surface area contributed by atoms with Crippen molar-refractivity contribution in [1.82, 2.24) is 24.3 Å². The summed E-state index contributed by atoms with van der Waals surface area (Å²) in [5.74, 6) is 0.0571. The third-order valence-corrected chi connectivity index (χ3v) is 4.22. The summed E-state index contributed by atoms with van der Waals surface area (Å²) in [6, 6.07) is 3.54. The fourth-order valence-electron chi connectivity index (χ4n) is 2.93. The number of amides is 2. The highest BCUT2D eigenvalue weighted by atomic mass is 16.5. The number of aryl methyl sites for hydroxylation is 1. The van der Waals surface area contributed by atoms with Crippen molar-refractivity contribution in [2.24, 2.45) is 7.05 Å². The van der Waals surface area contributed by atoms with Gasteiger partial charge in [0.1, 0.15) is 5.69 Å². The highest BCUT2D eigenvalue weighted by Crippen LogP contribution is 2.18. The Morgan fingerprint density at radius 3 is 3.00 bits per heavy atom. The summed E-state index contributed by atoms with van der Waals surface area (Å²) in [7, 11) is 3.37. The van der Waals surface area contributed by atoms with Crippen molar-refractivity contribution in [1.29, 1.82) is 0 Å². The Balaban J connectivity index is 1.71. The van der Waals surface area contributed by atoms with Gasteiger partial charge in [0.2, 0.25) is 0 Å². The average molecular weight is 331 g/mol. The molecule has 1 N–H and O–H groups in total. The molecule has 2 aromatic rings. The number of hydrogen-bond donors (Lipinski definition) is 1. The van der Waals surface area contributed by atoms with Gasteiger partial charge in [-0.2, -0.15) is 0 Å². The van der Waals surface area contributed by atoms with Crippen molar-refractivity contribution in [3.05, 3.63) is 42.2 Å². The zero-order chi connectivity index (χ0) is 17.1. The number of imidazole rings is 1. The van der Waals surface area contributed by atoms with Crippen LogP contribution in [0.25, 0.3) is 0 Å². The minimum Gasteiger partial charge on any atom is -0.383 e. The monoisotopic (exact) mass is 331 g/mol. The van der Waals surface area contributed by atoms with Gasteiger partial charge in [-0.3, -0.25) is 9.59 Å². The molecule has 2 amide bonds. The molecule has 24 heavy (non-hydrogen) atoms. The van der Waals surface area contributed by atoms with Gasteiger partial charge in [-0.05, 0) is 12.1 Å². The van der Waals surface area contributed by atoms with E-state index >= 15 is 0 Å². The van der Waals surface area contributed by atoms with Crippen molar-refractivity contribution in [2.45, 2.75) is 12.6 Å². The molecule has 1 atom stereocenters. The molecule has 2 aromatic heterocycles. The van der Waals surface area contributed by atoms with Gasteiger partial charge < -0.3 is 24.1 Å². The lowest BCUT2D eigenvalue weighted by Crippen LogP contribution is -2.53. The molecule has 0 aromatic carbocycles. The maximum absolute atomic E-state index is 12.6. The van der Waals surface area contributed by atoms with Crippen LogP contribution >= 0.6 is 0 Å². The standard InChI is InChI=1S/C16H21N5O3/c1-19-7-5-17-14(19)15(22)18-10-12-11-20-6-3-4-13(20)16(23)21(12)8-9-24-2/h3-7,12H,8-11H2,1-2H3,(H,18,22). The molecule has 1 unspecified atom stereocenters. The molecule has 0 saturated carbocycles. The molecular formula is C16H21N5O3. The molecule has 3 heterocycles. The Morgan fingerprint density at radius 1 is 1.46 bits per heavy atom. The molecule has 0 saturated heterocycles. The van der Waals surface area contributed by atoms with Gasteiger partial charge in [-0.1, -0.05) is 0 Å². The number of nitrogens with zero attached hydrogens (tertiary/aromatic N) is 4. The maximum atomic E-state index is 12.6. The molecule has 0 radical (unpaired) electrons. The number of carbonyl (C=O) groups excluding carboxylic acids is 2. The smallest absolute Gasteiger partial charge is 0.287 e. The summed E-state index contributed by atoms with van der Waals surface area (Å²) in [4.78, 5) is 30.7. The van der Waals surface area contributed by atoms with E-state index in [1.165, 1.54) is 0 Å². The lowest BCUT2D eigenvalue weighted by Gasteiger charge is -2.36. The molecule has 0 fully saturated rings. The number of methoxy groups -OCH3 is 1. The van der Waals surface area contributed by atoms with Crippen LogP contribution < -0.4 is 5.32 Å². The first kappa shape index (κ1) is 16.3. The van der Waals surface area contributed by atoms with Crippen molar-refractivity contribution in [3.8, 4) is 0 Å². The Kier molecular flexibility index (Phi) is 4.66. The van der Waals surface area contributed by atoms with Crippen LogP contribution in [0, 0.1) is 0 Å². The van der Waals surface area contributed by atoms with Crippen molar-refractivity contribution >= 4 is 11.8 Å². The molecule has 128 valence electrons. The third kappa shape index (κ3) is 3.05. The van der Waals surface area contributed by atoms with Crippen LogP contribution in [0.5, 0.6) is 0 Å². The quantitative estimate of drug-likeness (QED) is 0.815. The lowest BCUT2D eigenvalue weighted by atomic mass is 10.1. The number of nitrogens with one attached hydrogen (secondary N) is 1. The highest BCUT2D eigenvalue weighted by Gasteiger charge is 2.32. The van der Waals surface area contributed by atoms with E-state index in [1.54, 1.807) is 36.0 Å². The van der Waals surface area contributed by atoms with E-state index in [0.717, 1.165) is 0 Å². The molecule has 0 spiro atoms. The number of ether oxygens (including phenoxy) is 1. The number of hydrogen-bond acceptors (Lipinski definition) is 4. The highest BCUT2D eigenvalue weighted by molar-refractivity contribution is 5.94. The average Bonchev–Trinajstić information content (AvgIpc) is 3.20. The molecule has 8 heteroatoms. The lowest BCUT2D eigenvalue weighted by molar-refractivity contribution is 0.0503. The van der Waals surface area contributed by atoms with Gasteiger partial charge in [0.15, 0.2) is 5.82 Å². The summed E-state index contributed by atoms with van der Waals surface area (Å²) in [5.41, 5.74) is 0.665. The molecule has 3 rings (SSSR count). The predicted octanol–water partition coefficient (Wildman–Crippen LogP) is 0.122. The molecular weight excluding hydrogens is 310 g/mol. The number of fused-ring (bicyclic) bond motifs is 1. The molecule has 0 aliphatic carbocycles. The van der Waals surface area contributed by atoms with Crippen molar-refractivity contribution in [3.63, 3.8) is 0 Å². The van der Waals surface area contributed by atoms with Gasteiger partial charge >= 0.3 is 0 Å². The van der Waals surface area contributed by atoms with Crippen molar-refractivity contribution < 1.29 is 14.3 Å². The predicted molar refractivity (Wildman–Crippen MR) is 86.7 cm³/mol. The summed E-state index contributed by atoms with van der Waals surface area (Å²) in [5, 5.41) is 2.88. The minimum absolute atomic E-state index is 0.0421. The number of rotatable bonds is 6. The summed E-state index contributed by atoms with van der Waals surface area (Å²) >= 11 is 0. The fourth-order valence-corrected chi connectivity index (χ4v) is 2.93. The Bertz CT molecular complexity index is 736. The van der Waals surface area contributed by atoms with E-state index in [2.05, 4.69) is 10.3 Å². The first-order valence-corrected chi connectivity index (χ1v) is 7.82. The van der Waals surface area contributed by atoms with E-state index in [1.807, 2.05) is 22.9 Å². The van der Waals surface area contributed by atoms with Gasteiger partial charge in [-0.15, -0.1) is 0 Å². The summed E-state index contributed by atoms with van der Waals surface area (Å²) in [6.45, 7) is 1.94. The van der Waals surface area contributed by atoms with Crippen LogP contribution in [0.4, 0.5) is 0 Å². The van der Waals surface area contributed by atoms with E-state index < -0.39 is 0 Å². The van der Waals surface area contributed by atoms with Crippen LogP contribution in [-0.2, 0) is 18.3 Å². The van der Waals surface area contributed by atoms with E-state index in [4.69, 9.17) is 4.74 Å². The Labute approximate surface area is 140 Å². The normalized spacial score (nSPS) is 17.0. The molecule has 1 aliphatic rings. The van der Waals surface area contributed by atoms with E-state index in [9.17, 15) is 9.59 Å². The van der Waals surface area contributed by atoms with E-state index in [-0.39, 0.29) is 17.9 Å². The second-order valence-corrected chi connectivity index (χ2v) is 5.76. The van der Waals surface area contributed by atoms with Gasteiger partial charge in [0.05, 0.1) is 12.6 Å². The number of aromatic nitrogens is 3. The topological polar surface area (TPSA) is 81.4 Å². The van der Waals surface area contributed by atoms with Gasteiger partial charge in [0, 0.05) is 52.4 Å². The van der Waals surface area contributed by atoms with E-state index in [0.29, 0.717) is 37.8 Å². The Morgan fingerprint density at radius 2 is 2.29 bits per heavy atom. The van der Waals surface area contributed by atoms with Crippen LogP contribution in [0.1, 0.15) is 21.1 Å². The first-order chi connectivity index (χ1) is 11.6. The second-order valence-electron chi connectivity index (χ2n) is 5.76. The molecule has 8 nitrogen and oxygen atoms in total. The SMILES string of the molecule is COCCN1C(=O)c2cccn2CC1CNC(=O)c1nccn1C. The minimum atomic E-state index is -0.250. The fraction of sp³-hybridized carbons (Fsp3) is 0.438. The van der Waals surface area contributed by atoms with Gasteiger partial charge in [0.25, 0.3) is 11.8 Å². The number of carbonyl (C=O) groups is 2. The summed E-state index contributed by atoms with van der Waals surface area (Å²) in [6.07, 6.45) is 5.18. The third-order valence-electron chi connectivity index (χ3n) is 4.22. The Hall–Kier alpha value is -2.61. The zero-order valence-electron chi connectivity index (χ0n) is 13.8. The summed E-state index contributed by atoms with van der Waals surface area (Å²) < 4.78 is 8.69. The van der Waals surface area contributed by atoms with Crippen LogP contribution in [-0.4, -0.2) is 63.7 Å². The first-order valence-electron chi connectivity index (χ1n) is 7.82. The van der Waals surface area contributed by atoms with Crippen molar-refractivity contribution in [2.75, 3.05) is 26.8 Å². The van der Waals surface area contributed by atoms with Crippen LogP contribution in [0.3, 0.4) is 0 Å². The van der Waals surface area contributed by atoms with Crippen LogP contribution in [0.2, 0.25) is 0 Å². The largest absolute Gasteiger partial charge is 0.383 e. The molecule has 1 aliphatic heterocycles. The van der Waals surface area contributed by atoms with Gasteiger partial charge in [-0.25, -0.2) is 4.98 Å². The zero-order valence-corrected chi connectivity index (χ0v) is 13.8. The van der Waals surface area contributed by atoms with Crippen LogP contribution in [0.15, 0.2) is 30.7 Å². The maximum Gasteiger partial charge on any atom is 0.287 e. The molecule has 0 bridgehead atoms. The second kappa shape index (κ2) is 6.88.